The third-order valence-electron chi connectivity index (χ3n) is 2.17. The molecule has 1 aliphatic rings. The normalized spacial score (nSPS) is 17.1. The molecular formula is C10H14N4O2. The molecule has 1 atom stereocenters. The molecule has 16 heavy (non-hydrogen) atoms. The minimum Gasteiger partial charge on any atom is -0.370 e. The van der Waals surface area contributed by atoms with Gasteiger partial charge in [-0.05, 0) is 5.92 Å². The monoisotopic (exact) mass is 222 g/mol. The van der Waals surface area contributed by atoms with E-state index < -0.39 is 11.8 Å². The van der Waals surface area contributed by atoms with E-state index in [0.29, 0.717) is 12.2 Å². The van der Waals surface area contributed by atoms with Crippen molar-refractivity contribution in [2.24, 2.45) is 27.0 Å². The number of carbonyl (C=O) groups excluding carboxylic acids is 1. The maximum absolute atomic E-state index is 11.2. The van der Waals surface area contributed by atoms with Crippen molar-refractivity contribution in [2.45, 2.75) is 13.8 Å². The molecule has 1 heterocycles. The van der Waals surface area contributed by atoms with Crippen LogP contribution in [-0.4, -0.2) is 25.0 Å². The quantitative estimate of drug-likeness (QED) is 0.571. The zero-order valence-corrected chi connectivity index (χ0v) is 9.25. The van der Waals surface area contributed by atoms with E-state index in [4.69, 9.17) is 0 Å². The lowest BCUT2D eigenvalue weighted by Crippen LogP contribution is -2.21. The molecular weight excluding hydrogens is 208 g/mol. The van der Waals surface area contributed by atoms with Crippen LogP contribution in [0.2, 0.25) is 0 Å². The molecule has 0 spiro atoms. The third kappa shape index (κ3) is 3.38. The first kappa shape index (κ1) is 12.2. The van der Waals surface area contributed by atoms with Crippen LogP contribution in [0.15, 0.2) is 27.1 Å². The van der Waals surface area contributed by atoms with Crippen molar-refractivity contribution in [2.75, 3.05) is 6.54 Å². The Morgan fingerprint density at radius 2 is 2.38 bits per heavy atom. The summed E-state index contributed by atoms with van der Waals surface area (Å²) in [7, 11) is 0. The van der Waals surface area contributed by atoms with Crippen LogP contribution in [0.4, 0.5) is 0 Å². The number of nitrogens with zero attached hydrogens (tertiary/aromatic N) is 3. The average molecular weight is 222 g/mol. The number of amides is 1. The summed E-state index contributed by atoms with van der Waals surface area (Å²) in [5.41, 5.74) is 0.715. The van der Waals surface area contributed by atoms with Crippen LogP contribution < -0.4 is 5.32 Å². The van der Waals surface area contributed by atoms with Crippen LogP contribution in [0.5, 0.6) is 0 Å². The number of nitroso groups, excluding NO2 is 1. The molecule has 1 unspecified atom stereocenters. The summed E-state index contributed by atoms with van der Waals surface area (Å²) in [4.78, 5) is 29.4. The summed E-state index contributed by atoms with van der Waals surface area (Å²) in [6, 6.07) is 0. The van der Waals surface area contributed by atoms with E-state index in [2.05, 4.69) is 20.5 Å². The van der Waals surface area contributed by atoms with Crippen molar-refractivity contribution in [3.05, 3.63) is 16.8 Å². The van der Waals surface area contributed by atoms with E-state index in [1.54, 1.807) is 12.5 Å². The van der Waals surface area contributed by atoms with Gasteiger partial charge in [0.15, 0.2) is 0 Å². The van der Waals surface area contributed by atoms with Gasteiger partial charge in [-0.15, -0.1) is 4.91 Å². The average Bonchev–Trinajstić information content (AvgIpc) is 2.30. The Bertz CT molecular complexity index is 358. The molecule has 0 saturated heterocycles. The fraction of sp³-hybridized carbons (Fsp3) is 0.500. The first-order valence-electron chi connectivity index (χ1n) is 5.00. The Morgan fingerprint density at radius 1 is 1.62 bits per heavy atom. The van der Waals surface area contributed by atoms with Crippen LogP contribution in [0, 0.1) is 16.7 Å². The Kier molecular flexibility index (Phi) is 4.50. The highest BCUT2D eigenvalue weighted by atomic mass is 16.3. The lowest BCUT2D eigenvalue weighted by molar-refractivity contribution is -0.120. The van der Waals surface area contributed by atoms with Crippen LogP contribution in [0.1, 0.15) is 13.8 Å². The second kappa shape index (κ2) is 5.89. The lowest BCUT2D eigenvalue weighted by atomic mass is 9.96. The first-order valence-corrected chi connectivity index (χ1v) is 5.00. The van der Waals surface area contributed by atoms with E-state index in [0.717, 1.165) is 0 Å². The Balaban J connectivity index is 2.71. The first-order chi connectivity index (χ1) is 7.65. The highest BCUT2D eigenvalue weighted by molar-refractivity contribution is 5.94. The van der Waals surface area contributed by atoms with Gasteiger partial charge in [-0.2, -0.15) is 0 Å². The minimum absolute atomic E-state index is 0.00500. The molecule has 6 nitrogen and oxygen atoms in total. The smallest absolute Gasteiger partial charge is 0.294 e. The maximum Gasteiger partial charge on any atom is 0.294 e. The predicted octanol–water partition coefficient (Wildman–Crippen LogP) is 1.10. The van der Waals surface area contributed by atoms with Crippen LogP contribution in [0.3, 0.4) is 0 Å². The molecule has 0 aromatic carbocycles. The second-order valence-corrected chi connectivity index (χ2v) is 3.76. The van der Waals surface area contributed by atoms with E-state index in [9.17, 15) is 9.70 Å². The number of rotatable bonds is 4. The van der Waals surface area contributed by atoms with Crippen molar-refractivity contribution in [3.8, 4) is 0 Å². The number of aliphatic imine (C=N–C) groups is 2. The molecule has 86 valence electrons. The van der Waals surface area contributed by atoms with Gasteiger partial charge in [0.2, 0.25) is 0 Å². The predicted molar refractivity (Wildman–Crippen MR) is 62.2 cm³/mol. The summed E-state index contributed by atoms with van der Waals surface area (Å²) >= 11 is 0. The Hall–Kier alpha value is -1.85. The van der Waals surface area contributed by atoms with Crippen molar-refractivity contribution >= 4 is 18.5 Å². The zero-order valence-electron chi connectivity index (χ0n) is 9.25. The fourth-order valence-corrected chi connectivity index (χ4v) is 1.21. The Labute approximate surface area is 93.5 Å². The molecule has 1 amide bonds. The number of nitrogens with one attached hydrogen (secondary N) is 1. The highest BCUT2D eigenvalue weighted by Gasteiger charge is 2.20. The van der Waals surface area contributed by atoms with Crippen molar-refractivity contribution in [1.82, 2.24) is 5.32 Å². The van der Waals surface area contributed by atoms with E-state index in [-0.39, 0.29) is 5.92 Å². The largest absolute Gasteiger partial charge is 0.370 e. The van der Waals surface area contributed by atoms with Crippen LogP contribution >= 0.6 is 0 Å². The van der Waals surface area contributed by atoms with Gasteiger partial charge in [0.05, 0.1) is 30.7 Å². The SMILES string of the molecule is CC(C)C(/C=N/C1=CN=CNC1)C(=O)N=O. The number of hydrogen-bond donors (Lipinski definition) is 1. The molecule has 1 aliphatic heterocycles. The molecule has 0 aromatic rings. The molecule has 0 bridgehead atoms. The van der Waals surface area contributed by atoms with E-state index in [1.807, 2.05) is 13.8 Å². The standard InChI is InChI=1S/C10H14N4O2/c1-7(2)9(10(15)14-16)5-13-8-3-11-6-12-4-8/h3,5-7,9H,4H2,1-2H3,(H,11,12)/b13-5+. The second-order valence-electron chi connectivity index (χ2n) is 3.76. The van der Waals surface area contributed by atoms with E-state index >= 15 is 0 Å². The van der Waals surface area contributed by atoms with Crippen LogP contribution in [-0.2, 0) is 4.79 Å². The van der Waals surface area contributed by atoms with Gasteiger partial charge in [-0.1, -0.05) is 13.8 Å². The summed E-state index contributed by atoms with van der Waals surface area (Å²) in [5.74, 6) is -1.26. The summed E-state index contributed by atoms with van der Waals surface area (Å²) < 4.78 is 0. The van der Waals surface area contributed by atoms with Gasteiger partial charge in [0.25, 0.3) is 5.91 Å². The zero-order chi connectivity index (χ0) is 12.0. The molecule has 0 fully saturated rings. The number of hydrogen-bond acceptors (Lipinski definition) is 5. The van der Waals surface area contributed by atoms with Crippen molar-refractivity contribution in [1.29, 1.82) is 0 Å². The molecule has 0 aromatic heterocycles. The molecule has 0 saturated carbocycles. The highest BCUT2D eigenvalue weighted by Crippen LogP contribution is 2.11. The van der Waals surface area contributed by atoms with Gasteiger partial charge in [-0.3, -0.25) is 9.79 Å². The third-order valence-corrected chi connectivity index (χ3v) is 2.17. The van der Waals surface area contributed by atoms with Crippen LogP contribution in [0.25, 0.3) is 0 Å². The summed E-state index contributed by atoms with van der Waals surface area (Å²) in [6.07, 6.45) is 4.63. The topological polar surface area (TPSA) is 83.2 Å². The van der Waals surface area contributed by atoms with Gasteiger partial charge in [0, 0.05) is 11.4 Å². The lowest BCUT2D eigenvalue weighted by Gasteiger charge is -2.11. The molecule has 0 radical (unpaired) electrons. The molecule has 1 rings (SSSR count). The van der Waals surface area contributed by atoms with Gasteiger partial charge in [-0.25, -0.2) is 4.99 Å². The maximum atomic E-state index is 11.2. The van der Waals surface area contributed by atoms with Gasteiger partial charge >= 0.3 is 0 Å². The minimum atomic E-state index is -0.688. The summed E-state index contributed by atoms with van der Waals surface area (Å²) in [5, 5.41) is 5.32. The fourth-order valence-electron chi connectivity index (χ4n) is 1.21. The van der Waals surface area contributed by atoms with Gasteiger partial charge in [0.1, 0.15) is 0 Å². The van der Waals surface area contributed by atoms with Crippen molar-refractivity contribution in [3.63, 3.8) is 0 Å². The van der Waals surface area contributed by atoms with Gasteiger partial charge < -0.3 is 5.32 Å². The number of carbonyl (C=O) groups is 1. The summed E-state index contributed by atoms with van der Waals surface area (Å²) in [6.45, 7) is 4.24. The molecule has 0 aliphatic carbocycles. The van der Waals surface area contributed by atoms with Crippen molar-refractivity contribution < 1.29 is 4.79 Å². The molecule has 6 heteroatoms. The Morgan fingerprint density at radius 3 is 2.88 bits per heavy atom. The molecule has 1 N–H and O–H groups in total. The van der Waals surface area contributed by atoms with E-state index in [1.165, 1.54) is 6.21 Å².